The van der Waals surface area contributed by atoms with Crippen LogP contribution in [-0.2, 0) is 38.4 Å². The average molecular weight is 1100 g/mol. The topological polar surface area (TPSA) is 195 Å². The van der Waals surface area contributed by atoms with Crippen molar-refractivity contribution in [2.75, 3.05) is 136 Å². The maximum atomic E-state index is 12.3. The number of Topliss-reactive ketones (excluding diaryl/α,β-unsaturated/α-hetero) is 3. The van der Waals surface area contributed by atoms with Crippen LogP contribution in [0.1, 0.15) is 165 Å². The number of carbonyl (C=O) groups excluding carboxylic acids is 8. The van der Waals surface area contributed by atoms with Crippen LogP contribution in [0.3, 0.4) is 0 Å². The summed E-state index contributed by atoms with van der Waals surface area (Å²) in [7, 11) is 22.3. The van der Waals surface area contributed by atoms with E-state index in [9.17, 15) is 38.4 Å². The fourth-order valence-corrected chi connectivity index (χ4v) is 8.90. The van der Waals surface area contributed by atoms with Crippen molar-refractivity contribution in [3.05, 3.63) is 0 Å². The second kappa shape index (κ2) is 51.3. The van der Waals surface area contributed by atoms with E-state index in [1.54, 1.807) is 39.5 Å². The van der Waals surface area contributed by atoms with E-state index < -0.39 is 0 Å². The molecule has 3 rings (SSSR count). The first-order valence-corrected chi connectivity index (χ1v) is 29.6. The Bertz CT molecular complexity index is 1540. The number of hydrogen-bond acceptors (Lipinski definition) is 16. The van der Waals surface area contributed by atoms with Gasteiger partial charge >= 0.3 is 0 Å². The summed E-state index contributed by atoms with van der Waals surface area (Å²) in [5, 5.41) is 2.91. The molecule has 5 amide bonds. The maximum absolute atomic E-state index is 12.3. The fourth-order valence-electron chi connectivity index (χ4n) is 7.71. The largest absolute Gasteiger partial charge is 0.320 e. The minimum Gasteiger partial charge on any atom is -0.320 e. The number of carbonyl (C=O) groups is 8. The Labute approximate surface area is 469 Å². The van der Waals surface area contributed by atoms with Crippen LogP contribution in [0.5, 0.6) is 0 Å². The number of imide groups is 2. The summed E-state index contributed by atoms with van der Waals surface area (Å²) in [5.74, 6) is 1.33. The summed E-state index contributed by atoms with van der Waals surface area (Å²) in [4.78, 5) is 106. The van der Waals surface area contributed by atoms with Gasteiger partial charge in [-0.05, 0) is 207 Å². The predicted molar refractivity (Wildman–Crippen MR) is 317 cm³/mol. The zero-order valence-electron chi connectivity index (χ0n) is 52.0. The molecule has 0 radical (unpaired) electrons. The minimum absolute atomic E-state index is 0.0147. The number of ketones is 3. The molecule has 0 aromatic rings. The molecule has 0 aromatic heterocycles. The van der Waals surface area contributed by atoms with Crippen molar-refractivity contribution in [2.24, 2.45) is 11.8 Å². The molecule has 0 aromatic carbocycles. The van der Waals surface area contributed by atoms with Crippen molar-refractivity contribution in [3.63, 3.8) is 0 Å². The summed E-state index contributed by atoms with van der Waals surface area (Å²) < 4.78 is 0. The Balaban J connectivity index is -0.000000456. The maximum Gasteiger partial charge on any atom is 0.242 e. The highest BCUT2D eigenvalue weighted by molar-refractivity contribution is 8.00. The number of hydrogen-bond donors (Lipinski definition) is 3. The smallest absolute Gasteiger partial charge is 0.242 e. The minimum atomic E-state index is -0.190. The zero-order valence-corrected chi connectivity index (χ0v) is 52.8. The van der Waals surface area contributed by atoms with E-state index in [2.05, 4.69) is 64.0 Å². The van der Waals surface area contributed by atoms with E-state index in [0.29, 0.717) is 32.2 Å². The zero-order chi connectivity index (χ0) is 59.2. The van der Waals surface area contributed by atoms with E-state index in [4.69, 9.17) is 0 Å². The number of nitrogens with one attached hydrogen (secondary N) is 3. The molecule has 0 spiro atoms. The van der Waals surface area contributed by atoms with Crippen LogP contribution in [0, 0.1) is 11.8 Å². The van der Waals surface area contributed by atoms with Crippen LogP contribution in [0.2, 0.25) is 0 Å². The number of hydrazine groups is 1. The summed E-state index contributed by atoms with van der Waals surface area (Å²) in [6.45, 7) is 22.1. The SMILES string of the molecule is CC.CC.CC(=O)CCCCCN1C(=O)CC(SCCCCN(C)C)C1=O.CC(=O)CCCN(C)C.CC(=O)CCN(C)C.CC1CC(=O)N(C2CCC(C(=O)NNCCCN(C)C)CC2)C1=O.CNCCCN(C)C. The fraction of sp³-hybridized carbons (Fsp3) is 0.860. The van der Waals surface area contributed by atoms with Crippen LogP contribution in [0.25, 0.3) is 0 Å². The van der Waals surface area contributed by atoms with Gasteiger partial charge in [-0.15, -0.1) is 11.8 Å². The molecule has 3 aliphatic rings. The van der Waals surface area contributed by atoms with Crippen LogP contribution in [0.15, 0.2) is 0 Å². The highest BCUT2D eigenvalue weighted by atomic mass is 32.2. The Hall–Kier alpha value is -3.17. The van der Waals surface area contributed by atoms with Crippen LogP contribution >= 0.6 is 11.8 Å². The first-order valence-electron chi connectivity index (χ1n) is 28.5. The Morgan fingerprint density at radius 3 is 1.46 bits per heavy atom. The normalized spacial score (nSPS) is 17.8. The van der Waals surface area contributed by atoms with Crippen molar-refractivity contribution in [1.29, 1.82) is 0 Å². The van der Waals surface area contributed by atoms with Gasteiger partial charge in [-0.25, -0.2) is 5.43 Å². The molecule has 1 aliphatic carbocycles. The molecule has 76 heavy (non-hydrogen) atoms. The molecule has 18 nitrogen and oxygen atoms in total. The van der Waals surface area contributed by atoms with Gasteiger partial charge in [0.15, 0.2) is 0 Å². The standard InChI is InChI=1S/C17H30N4O3.C17H30N2O3S.C7H15NO.C6H16N2.C6H13NO.2C2H6/c1-12-11-15(22)21(17(12)24)14-7-5-13(6-8-14)16(23)19-18-9-4-10-20(2)3;1-14(20)9-5-4-6-11-19-16(21)13-15(17(19)22)23-12-8-7-10-18(2)3;1-7(9)5-4-6-8(2)3;1-7-5-4-6-8(2)3;1-6(8)4-5-7(2)3;2*1-2/h12-14,18H,4-11H2,1-3H3,(H,19,23);15H,4-13H2,1-3H3;4-6H2,1-3H3;7H,4-6H2,1-3H3;4-5H2,1-3H3;2*1-2H3. The predicted octanol–water partition coefficient (Wildman–Crippen LogP) is 6.51. The quantitative estimate of drug-likeness (QED) is 0.0400. The van der Waals surface area contributed by atoms with Gasteiger partial charge in [0.05, 0.1) is 5.25 Å². The molecular formula is C57H116N10O8S. The van der Waals surface area contributed by atoms with E-state index in [-0.39, 0.29) is 70.0 Å². The molecule has 2 heterocycles. The van der Waals surface area contributed by atoms with Crippen molar-refractivity contribution < 1.29 is 38.4 Å². The molecule has 2 atom stereocenters. The second-order valence-electron chi connectivity index (χ2n) is 20.9. The van der Waals surface area contributed by atoms with Gasteiger partial charge in [0.1, 0.15) is 17.3 Å². The number of thioether (sulfide) groups is 1. The van der Waals surface area contributed by atoms with Gasteiger partial charge in [0.25, 0.3) is 0 Å². The third kappa shape index (κ3) is 45.8. The van der Waals surface area contributed by atoms with E-state index >= 15 is 0 Å². The highest BCUT2D eigenvalue weighted by Crippen LogP contribution is 2.32. The van der Waals surface area contributed by atoms with Gasteiger partial charge in [-0.2, -0.15) is 0 Å². The second-order valence-corrected chi connectivity index (χ2v) is 22.2. The number of likely N-dealkylation sites (tertiary alicyclic amines) is 2. The lowest BCUT2D eigenvalue weighted by atomic mass is 9.85. The molecule has 0 bridgehead atoms. The third-order valence-electron chi connectivity index (χ3n) is 12.0. The number of rotatable bonds is 30. The molecule has 3 fully saturated rings. The van der Waals surface area contributed by atoms with E-state index in [1.165, 1.54) is 22.8 Å². The first-order chi connectivity index (χ1) is 35.8. The third-order valence-corrected chi connectivity index (χ3v) is 13.3. The van der Waals surface area contributed by atoms with Gasteiger partial charge in [0, 0.05) is 69.6 Å². The average Bonchev–Trinajstić information content (AvgIpc) is 3.77. The summed E-state index contributed by atoms with van der Waals surface area (Å²) in [5.41, 5.74) is 5.76. The lowest BCUT2D eigenvalue weighted by Crippen LogP contribution is -2.46. The lowest BCUT2D eigenvalue weighted by molar-refractivity contribution is -0.143. The molecular weight excluding hydrogens is 985 g/mol. The molecule has 1 saturated carbocycles. The highest BCUT2D eigenvalue weighted by Gasteiger charge is 2.42. The Morgan fingerprint density at radius 2 is 1.01 bits per heavy atom. The lowest BCUT2D eigenvalue weighted by Gasteiger charge is -2.33. The van der Waals surface area contributed by atoms with Gasteiger partial charge < -0.3 is 39.4 Å². The first kappa shape index (κ1) is 79.3. The van der Waals surface area contributed by atoms with Crippen molar-refractivity contribution in [3.8, 4) is 0 Å². The van der Waals surface area contributed by atoms with E-state index in [0.717, 1.165) is 122 Å². The number of unbranched alkanes of at least 4 members (excludes halogenated alkanes) is 3. The number of amides is 5. The van der Waals surface area contributed by atoms with Gasteiger partial charge in [0.2, 0.25) is 29.5 Å². The van der Waals surface area contributed by atoms with Crippen LogP contribution in [-0.4, -0.2) is 228 Å². The monoisotopic (exact) mass is 1100 g/mol. The Kier molecular flexibility index (Phi) is 53.5. The van der Waals surface area contributed by atoms with Crippen LogP contribution < -0.4 is 16.2 Å². The summed E-state index contributed by atoms with van der Waals surface area (Å²) in [6, 6.07) is -0.0212. The van der Waals surface area contributed by atoms with Crippen molar-refractivity contribution in [2.45, 2.75) is 176 Å². The molecule has 3 N–H and O–H groups in total. The van der Waals surface area contributed by atoms with Crippen molar-refractivity contribution in [1.82, 2.24) is 50.5 Å². The van der Waals surface area contributed by atoms with Crippen molar-refractivity contribution >= 4 is 58.6 Å². The molecule has 2 saturated heterocycles. The summed E-state index contributed by atoms with van der Waals surface area (Å²) in [6.07, 6.45) is 13.5. The summed E-state index contributed by atoms with van der Waals surface area (Å²) >= 11 is 1.62. The number of nitrogens with zero attached hydrogens (tertiary/aromatic N) is 7. The van der Waals surface area contributed by atoms with Gasteiger partial charge in [-0.1, -0.05) is 41.0 Å². The van der Waals surface area contributed by atoms with Crippen LogP contribution in [0.4, 0.5) is 0 Å². The molecule has 2 aliphatic heterocycles. The molecule has 448 valence electrons. The van der Waals surface area contributed by atoms with Gasteiger partial charge in [-0.3, -0.25) is 44.0 Å². The molecule has 2 unspecified atom stereocenters. The van der Waals surface area contributed by atoms with E-state index in [1.807, 2.05) is 81.9 Å². The molecule has 19 heteroatoms. The Morgan fingerprint density at radius 1 is 0.539 bits per heavy atom.